The molecule has 0 aromatic heterocycles. The number of carbonyl (C=O) groups excluding carboxylic acids is 2. The molecule has 0 radical (unpaired) electrons. The predicted molar refractivity (Wildman–Crippen MR) is 121 cm³/mol. The average molecular weight is 442 g/mol. The van der Waals surface area contributed by atoms with Gasteiger partial charge in [0.25, 0.3) is 0 Å². The van der Waals surface area contributed by atoms with E-state index in [1.54, 1.807) is 12.0 Å². The van der Waals surface area contributed by atoms with Crippen molar-refractivity contribution in [2.75, 3.05) is 44.7 Å². The number of anilines is 1. The van der Waals surface area contributed by atoms with Gasteiger partial charge in [0.05, 0.1) is 13.0 Å². The van der Waals surface area contributed by atoms with Gasteiger partial charge in [0.1, 0.15) is 5.75 Å². The van der Waals surface area contributed by atoms with Gasteiger partial charge < -0.3 is 14.5 Å². The lowest BCUT2D eigenvalue weighted by molar-refractivity contribution is -0.135. The van der Waals surface area contributed by atoms with Crippen molar-refractivity contribution in [2.45, 2.75) is 19.4 Å². The van der Waals surface area contributed by atoms with E-state index in [2.05, 4.69) is 4.90 Å². The highest BCUT2D eigenvalue weighted by Gasteiger charge is 2.37. The fraction of sp³-hybridized carbons (Fsp3) is 0.417. The Balaban J connectivity index is 1.35. The van der Waals surface area contributed by atoms with E-state index >= 15 is 0 Å². The highest BCUT2D eigenvalue weighted by molar-refractivity contribution is 6.30. The minimum Gasteiger partial charge on any atom is -0.497 e. The third-order valence-electron chi connectivity index (χ3n) is 6.06. The van der Waals surface area contributed by atoms with Crippen molar-refractivity contribution < 1.29 is 14.3 Å². The fourth-order valence-electron chi connectivity index (χ4n) is 4.36. The van der Waals surface area contributed by atoms with Gasteiger partial charge in [0.2, 0.25) is 11.8 Å². The predicted octanol–water partition coefficient (Wildman–Crippen LogP) is 3.44. The summed E-state index contributed by atoms with van der Waals surface area (Å²) in [5.41, 5.74) is 2.00. The van der Waals surface area contributed by atoms with Crippen LogP contribution >= 0.6 is 11.6 Å². The number of benzene rings is 2. The monoisotopic (exact) mass is 441 g/mol. The molecule has 2 aliphatic heterocycles. The molecule has 0 saturated carbocycles. The molecule has 2 heterocycles. The fourth-order valence-corrected chi connectivity index (χ4v) is 4.48. The summed E-state index contributed by atoms with van der Waals surface area (Å²) in [7, 11) is 1.60. The summed E-state index contributed by atoms with van der Waals surface area (Å²) in [5.74, 6) is 0.493. The largest absolute Gasteiger partial charge is 0.497 e. The Bertz CT molecular complexity index is 934. The summed E-state index contributed by atoms with van der Waals surface area (Å²) in [6.45, 7) is 4.48. The number of carbonyl (C=O) groups is 2. The number of ether oxygens (including phenoxy) is 1. The van der Waals surface area contributed by atoms with Gasteiger partial charge in [-0.2, -0.15) is 0 Å². The topological polar surface area (TPSA) is 53.1 Å². The molecular formula is C24H28ClN3O3. The zero-order valence-electron chi connectivity index (χ0n) is 17.8. The second kappa shape index (κ2) is 9.71. The highest BCUT2D eigenvalue weighted by Crippen LogP contribution is 2.29. The minimum absolute atomic E-state index is 0.00853. The second-order valence-electron chi connectivity index (χ2n) is 8.19. The summed E-state index contributed by atoms with van der Waals surface area (Å²) in [5, 5.41) is 0.741. The molecule has 164 valence electrons. The van der Waals surface area contributed by atoms with Gasteiger partial charge in [-0.15, -0.1) is 0 Å². The van der Waals surface area contributed by atoms with Gasteiger partial charge >= 0.3 is 0 Å². The summed E-state index contributed by atoms with van der Waals surface area (Å²) in [4.78, 5) is 31.8. The Kier molecular flexibility index (Phi) is 6.78. The number of nitrogens with zero attached hydrogens (tertiary/aromatic N) is 3. The van der Waals surface area contributed by atoms with E-state index in [0.717, 1.165) is 43.3 Å². The van der Waals surface area contributed by atoms with Crippen molar-refractivity contribution in [3.8, 4) is 5.75 Å². The van der Waals surface area contributed by atoms with Crippen LogP contribution in [0.4, 0.5) is 5.69 Å². The van der Waals surface area contributed by atoms with Crippen molar-refractivity contribution in [1.29, 1.82) is 0 Å². The standard InChI is InChI=1S/C24H28ClN3O3/c1-31-22-5-2-4-21(15-22)28-17-19(14-23(28)29)24(30)27-11-3-10-26(12-13-27)16-18-6-8-20(25)9-7-18/h2,4-9,15,19H,3,10-14,16-17H2,1H3. The molecule has 2 amide bonds. The maximum absolute atomic E-state index is 13.2. The van der Waals surface area contributed by atoms with Crippen LogP contribution in [0.5, 0.6) is 5.75 Å². The lowest BCUT2D eigenvalue weighted by Crippen LogP contribution is -2.39. The second-order valence-corrected chi connectivity index (χ2v) is 8.62. The van der Waals surface area contributed by atoms with Crippen LogP contribution in [0.25, 0.3) is 0 Å². The number of hydrogen-bond acceptors (Lipinski definition) is 4. The smallest absolute Gasteiger partial charge is 0.228 e. The first-order valence-corrected chi connectivity index (χ1v) is 11.1. The van der Waals surface area contributed by atoms with E-state index in [1.807, 2.05) is 53.4 Å². The van der Waals surface area contributed by atoms with Gasteiger partial charge in [-0.3, -0.25) is 14.5 Å². The normalized spacial score (nSPS) is 20.1. The first-order valence-electron chi connectivity index (χ1n) is 10.7. The quantitative estimate of drug-likeness (QED) is 0.713. The Morgan fingerprint density at radius 2 is 1.90 bits per heavy atom. The maximum atomic E-state index is 13.2. The number of methoxy groups -OCH3 is 1. The van der Waals surface area contributed by atoms with E-state index in [-0.39, 0.29) is 24.2 Å². The zero-order valence-corrected chi connectivity index (χ0v) is 18.6. The summed E-state index contributed by atoms with van der Waals surface area (Å²) in [6, 6.07) is 15.4. The molecule has 1 unspecified atom stereocenters. The molecule has 31 heavy (non-hydrogen) atoms. The molecule has 0 N–H and O–H groups in total. The third-order valence-corrected chi connectivity index (χ3v) is 6.31. The summed E-state index contributed by atoms with van der Waals surface area (Å²) in [6.07, 6.45) is 1.20. The van der Waals surface area contributed by atoms with E-state index in [0.29, 0.717) is 18.8 Å². The molecule has 2 aromatic carbocycles. The van der Waals surface area contributed by atoms with Gasteiger partial charge in [0, 0.05) is 62.5 Å². The van der Waals surface area contributed by atoms with Gasteiger partial charge in [-0.1, -0.05) is 29.8 Å². The number of amides is 2. The zero-order chi connectivity index (χ0) is 21.8. The van der Waals surface area contributed by atoms with Crippen molar-refractivity contribution in [1.82, 2.24) is 9.80 Å². The van der Waals surface area contributed by atoms with Crippen LogP contribution in [0.15, 0.2) is 48.5 Å². The van der Waals surface area contributed by atoms with E-state index in [1.165, 1.54) is 5.56 Å². The molecule has 0 spiro atoms. The van der Waals surface area contributed by atoms with Crippen LogP contribution in [0, 0.1) is 5.92 Å². The number of halogens is 1. The third kappa shape index (κ3) is 5.20. The Morgan fingerprint density at radius 1 is 1.10 bits per heavy atom. The molecule has 2 fully saturated rings. The van der Waals surface area contributed by atoms with E-state index in [4.69, 9.17) is 16.3 Å². The number of hydrogen-bond donors (Lipinski definition) is 0. The SMILES string of the molecule is COc1cccc(N2CC(C(=O)N3CCCN(Cc4ccc(Cl)cc4)CC3)CC2=O)c1. The molecule has 2 saturated heterocycles. The molecule has 0 aliphatic carbocycles. The van der Waals surface area contributed by atoms with E-state index in [9.17, 15) is 9.59 Å². The molecule has 4 rings (SSSR count). The van der Waals surface area contributed by atoms with Gasteiger partial charge in [-0.25, -0.2) is 0 Å². The first kappa shape index (κ1) is 21.7. The van der Waals surface area contributed by atoms with Crippen LogP contribution in [0.3, 0.4) is 0 Å². The highest BCUT2D eigenvalue weighted by atomic mass is 35.5. The van der Waals surface area contributed by atoms with Crippen LogP contribution < -0.4 is 9.64 Å². The minimum atomic E-state index is -0.290. The lowest BCUT2D eigenvalue weighted by Gasteiger charge is -2.24. The summed E-state index contributed by atoms with van der Waals surface area (Å²) < 4.78 is 5.27. The van der Waals surface area contributed by atoms with Crippen LogP contribution in [0.2, 0.25) is 5.02 Å². The van der Waals surface area contributed by atoms with Crippen molar-refractivity contribution in [3.05, 3.63) is 59.1 Å². The van der Waals surface area contributed by atoms with E-state index < -0.39 is 0 Å². The molecule has 1 atom stereocenters. The van der Waals surface area contributed by atoms with Crippen molar-refractivity contribution in [3.63, 3.8) is 0 Å². The van der Waals surface area contributed by atoms with Gasteiger partial charge in [0.15, 0.2) is 0 Å². The molecule has 6 nitrogen and oxygen atoms in total. The van der Waals surface area contributed by atoms with Crippen molar-refractivity contribution >= 4 is 29.1 Å². The average Bonchev–Trinajstić information content (AvgIpc) is 3.03. The maximum Gasteiger partial charge on any atom is 0.228 e. The molecule has 2 aromatic rings. The Labute approximate surface area is 188 Å². The molecule has 0 bridgehead atoms. The first-order chi connectivity index (χ1) is 15.0. The van der Waals surface area contributed by atoms with Gasteiger partial charge in [-0.05, 0) is 36.2 Å². The summed E-state index contributed by atoms with van der Waals surface area (Å²) >= 11 is 5.98. The number of rotatable bonds is 5. The Morgan fingerprint density at radius 3 is 2.68 bits per heavy atom. The molecular weight excluding hydrogens is 414 g/mol. The van der Waals surface area contributed by atoms with Crippen LogP contribution in [-0.2, 0) is 16.1 Å². The van der Waals surface area contributed by atoms with Crippen molar-refractivity contribution in [2.24, 2.45) is 5.92 Å². The van der Waals surface area contributed by atoms with Crippen LogP contribution in [0.1, 0.15) is 18.4 Å². The Hall–Kier alpha value is -2.57. The lowest BCUT2D eigenvalue weighted by atomic mass is 10.1. The van der Waals surface area contributed by atoms with Crippen LogP contribution in [-0.4, -0.2) is 61.4 Å². The molecule has 7 heteroatoms. The molecule has 2 aliphatic rings.